The Bertz CT molecular complexity index is 2990. The molecule has 0 aliphatic carbocycles. The van der Waals surface area contributed by atoms with Crippen molar-refractivity contribution >= 4 is 41.2 Å². The summed E-state index contributed by atoms with van der Waals surface area (Å²) < 4.78 is 11.4. The van der Waals surface area contributed by atoms with Gasteiger partial charge in [0.05, 0.1) is 62.3 Å². The molecule has 3 aliphatic rings. The molecule has 3 aliphatic heterocycles. The molecular formula is C64H85N7O17. The van der Waals surface area contributed by atoms with E-state index >= 15 is 0 Å². The number of Topliss-reactive ketones (excluding diaryl/α,β-unsaturated/α-hetero) is 1. The Morgan fingerprint density at radius 3 is 1.83 bits per heavy atom. The number of aliphatic hydroxyl groups excluding tert-OH is 7. The minimum Gasteiger partial charge on any atom is -0.508 e. The minimum atomic E-state index is -2.18. The summed E-state index contributed by atoms with van der Waals surface area (Å²) in [6, 6.07) is 18.5. The summed E-state index contributed by atoms with van der Waals surface area (Å²) in [5.74, 6) is -10.7. The van der Waals surface area contributed by atoms with Crippen molar-refractivity contribution in [1.82, 2.24) is 31.1 Å². The number of phenols is 1. The predicted molar refractivity (Wildman–Crippen MR) is 321 cm³/mol. The lowest BCUT2D eigenvalue weighted by molar-refractivity contribution is -0.150. The van der Waals surface area contributed by atoms with E-state index in [2.05, 4.69) is 52.5 Å². The van der Waals surface area contributed by atoms with Gasteiger partial charge in [0.25, 0.3) is 5.91 Å². The lowest BCUT2D eigenvalue weighted by Gasteiger charge is -2.34. The number of nitrogens with zero attached hydrogens (tertiary/aromatic N) is 2. The van der Waals surface area contributed by atoms with Crippen molar-refractivity contribution in [2.75, 3.05) is 39.5 Å². The first-order valence-electron chi connectivity index (χ1n) is 30.1. The first-order chi connectivity index (χ1) is 42.0. The van der Waals surface area contributed by atoms with Crippen LogP contribution in [0.25, 0.3) is 22.3 Å². The van der Waals surface area contributed by atoms with Gasteiger partial charge in [0.15, 0.2) is 12.0 Å². The number of hydrogen-bond donors (Lipinski definition) is 13. The number of rotatable bonds is 20. The van der Waals surface area contributed by atoms with Gasteiger partial charge in [-0.2, -0.15) is 0 Å². The molecule has 14 N–H and O–H groups in total. The van der Waals surface area contributed by atoms with Gasteiger partial charge in [0, 0.05) is 50.4 Å². The van der Waals surface area contributed by atoms with Crippen LogP contribution < -0.4 is 27.0 Å². The lowest BCUT2D eigenvalue weighted by atomic mass is 9.86. The molecule has 0 aromatic heterocycles. The first kappa shape index (κ1) is 68.3. The third kappa shape index (κ3) is 17.3. The number of ketones is 1. The van der Waals surface area contributed by atoms with Gasteiger partial charge in [0.2, 0.25) is 29.5 Å². The lowest BCUT2D eigenvalue weighted by Crippen LogP contribution is -2.61. The molecule has 4 aromatic carbocycles. The van der Waals surface area contributed by atoms with E-state index in [0.29, 0.717) is 0 Å². The van der Waals surface area contributed by atoms with Crippen LogP contribution in [0.3, 0.4) is 0 Å². The topological polar surface area (TPSA) is 380 Å². The van der Waals surface area contributed by atoms with E-state index in [1.807, 2.05) is 24.3 Å². The van der Waals surface area contributed by atoms with E-state index in [9.17, 15) is 74.4 Å². The van der Waals surface area contributed by atoms with Crippen LogP contribution in [0.15, 0.2) is 97.1 Å². The molecule has 0 radical (unpaired) electrons. The highest BCUT2D eigenvalue weighted by molar-refractivity contribution is 6.00. The number of ether oxygens (including phenoxy) is 2. The van der Waals surface area contributed by atoms with E-state index in [-0.39, 0.29) is 49.8 Å². The number of benzene rings is 4. The fraction of sp³-hybridized carbons (Fsp3) is 0.516. The van der Waals surface area contributed by atoms with Crippen molar-refractivity contribution in [1.29, 1.82) is 0 Å². The van der Waals surface area contributed by atoms with Gasteiger partial charge in [-0.05, 0) is 84.3 Å². The smallest absolute Gasteiger partial charge is 0.251 e. The van der Waals surface area contributed by atoms with E-state index in [1.165, 1.54) is 68.1 Å². The average molecular weight is 1220 g/mol. The molecule has 15 atom stereocenters. The van der Waals surface area contributed by atoms with E-state index in [4.69, 9.17) is 15.2 Å². The van der Waals surface area contributed by atoms with E-state index in [0.717, 1.165) is 58.7 Å². The van der Waals surface area contributed by atoms with Gasteiger partial charge < -0.3 is 87.1 Å². The molecule has 478 valence electrons. The highest BCUT2D eigenvalue weighted by Gasteiger charge is 2.50. The SMILES string of the molecule is CCCCCCc1ccc(-c2ccc(-c3ccc(C(=O)N[C@H]4C[C@@H](O)[C@@H](OCCOCCN)NC(=O)[C@@H]5[C@@H](O)[C@@H](C)CN5C(=O)[C@H]([C@@H](C)O)NC(=O)[C@H]([C@H](O)[C@@H](O)c5ccc(O)cc5)CC(=O)[C@@H]5C[C@@H](O)CN5C(=O)[C@H]([C@@H](C)O)NC4=O)cc3)cc2)cc1. The summed E-state index contributed by atoms with van der Waals surface area (Å²) in [6.45, 7) is 4.86. The number of hydrogen-bond acceptors (Lipinski definition) is 18. The molecule has 24 heteroatoms. The summed E-state index contributed by atoms with van der Waals surface area (Å²) in [6.07, 6.45) is -10.9. The van der Waals surface area contributed by atoms with Crippen LogP contribution in [0, 0.1) is 11.8 Å². The highest BCUT2D eigenvalue weighted by Crippen LogP contribution is 2.32. The maximum Gasteiger partial charge on any atom is 0.251 e. The quantitative estimate of drug-likeness (QED) is 0.0542. The minimum absolute atomic E-state index is 0.0290. The highest BCUT2D eigenvalue weighted by atomic mass is 16.5. The number of fused-ring (bicyclic) bond motifs is 2. The Morgan fingerprint density at radius 1 is 0.682 bits per heavy atom. The van der Waals surface area contributed by atoms with Gasteiger partial charge in [-0.15, -0.1) is 0 Å². The number of amides is 6. The maximum atomic E-state index is 14.8. The monoisotopic (exact) mass is 1220 g/mol. The van der Waals surface area contributed by atoms with Gasteiger partial charge in [-0.1, -0.05) is 106 Å². The Labute approximate surface area is 511 Å². The fourth-order valence-corrected chi connectivity index (χ4v) is 11.4. The largest absolute Gasteiger partial charge is 0.508 e. The second-order valence-electron chi connectivity index (χ2n) is 23.2. The Kier molecular flexibility index (Phi) is 24.7. The van der Waals surface area contributed by atoms with E-state index in [1.54, 1.807) is 12.1 Å². The van der Waals surface area contributed by atoms with Crippen LogP contribution >= 0.6 is 0 Å². The van der Waals surface area contributed by atoms with Crippen molar-refractivity contribution in [3.05, 3.63) is 114 Å². The third-order valence-electron chi connectivity index (χ3n) is 16.5. The van der Waals surface area contributed by atoms with Crippen LogP contribution in [-0.4, -0.2) is 204 Å². The van der Waals surface area contributed by atoms with Crippen molar-refractivity contribution in [3.63, 3.8) is 0 Å². The first-order valence-corrected chi connectivity index (χ1v) is 30.1. The summed E-state index contributed by atoms with van der Waals surface area (Å²) >= 11 is 0. The Balaban J connectivity index is 1.22. The predicted octanol–water partition coefficient (Wildman–Crippen LogP) is 0.717. The summed E-state index contributed by atoms with van der Waals surface area (Å²) in [5, 5.41) is 100. The number of carbonyl (C=O) groups is 7. The number of phenolic OH excluding ortho intramolecular Hbond substituents is 1. The van der Waals surface area contributed by atoms with Gasteiger partial charge in [-0.25, -0.2) is 0 Å². The van der Waals surface area contributed by atoms with Gasteiger partial charge in [0.1, 0.15) is 42.1 Å². The number of aromatic hydroxyl groups is 1. The van der Waals surface area contributed by atoms with E-state index < -0.39 is 158 Å². The second-order valence-corrected chi connectivity index (χ2v) is 23.2. The molecule has 3 fully saturated rings. The standard InChI is InChI=1S/C64H85N7O17/c1-5-6-7-8-9-38-10-12-39(13-11-38)40-14-16-41(17-15-40)42-18-20-44(21-19-42)58(81)66-48-32-51(77)62(88-29-28-87-27-26-65)69-61(84)54-55(78)35(2)33-71(54)64(86)53(37(4)73)67-59(82)47(57(80)56(79)43-22-24-45(74)25-23-43)31-50(76)49-30-46(75)34-70(49)63(85)52(36(3)72)68-60(48)83/h10-25,35-37,46-49,51-57,62,72-75,77-80H,5-9,26-34,65H2,1-4H3,(H,66,81)(H,67,82)(H,68,83)(H,69,84)/t35-,36+,37+,46+,47-,48-,49-,51+,52-,53-,54-,55-,56-,57-,62+/m0/s1. The molecule has 88 heavy (non-hydrogen) atoms. The van der Waals surface area contributed by atoms with Gasteiger partial charge in [-0.3, -0.25) is 33.6 Å². The van der Waals surface area contributed by atoms with Crippen LogP contribution in [0.5, 0.6) is 5.75 Å². The van der Waals surface area contributed by atoms with Crippen LogP contribution in [-0.2, 0) is 44.7 Å². The van der Waals surface area contributed by atoms with Gasteiger partial charge >= 0.3 is 0 Å². The maximum absolute atomic E-state index is 14.8. The molecule has 6 amide bonds. The molecule has 0 spiro atoms. The zero-order valence-corrected chi connectivity index (χ0v) is 50.0. The molecule has 4 aromatic rings. The third-order valence-corrected chi connectivity index (χ3v) is 16.5. The number of nitrogens with one attached hydrogen (secondary N) is 4. The van der Waals surface area contributed by atoms with Crippen LogP contribution in [0.2, 0.25) is 0 Å². The van der Waals surface area contributed by atoms with Crippen molar-refractivity contribution in [2.45, 2.75) is 158 Å². The number of aryl methyl sites for hydroxylation is 1. The summed E-state index contributed by atoms with van der Waals surface area (Å²) in [5.41, 5.74) is 10.5. The zero-order chi connectivity index (χ0) is 63.9. The molecule has 0 bridgehead atoms. The number of aliphatic hydroxyl groups is 7. The molecule has 0 saturated carbocycles. The normalized spacial score (nSPS) is 26.6. The van der Waals surface area contributed by atoms with Crippen molar-refractivity contribution < 1.29 is 83.9 Å². The number of unbranched alkanes of at least 4 members (excludes halogenated alkanes) is 3. The van der Waals surface area contributed by atoms with Crippen molar-refractivity contribution in [3.8, 4) is 28.0 Å². The zero-order valence-electron chi connectivity index (χ0n) is 50.0. The average Bonchev–Trinajstić information content (AvgIpc) is 2.10. The van der Waals surface area contributed by atoms with Crippen molar-refractivity contribution in [2.24, 2.45) is 17.6 Å². The summed E-state index contributed by atoms with van der Waals surface area (Å²) in [7, 11) is 0. The molecule has 0 unspecified atom stereocenters. The Morgan fingerprint density at radius 2 is 1.25 bits per heavy atom. The molecule has 3 saturated heterocycles. The fourth-order valence-electron chi connectivity index (χ4n) is 11.4. The van der Waals surface area contributed by atoms with Crippen LogP contribution in [0.1, 0.15) is 100 Å². The summed E-state index contributed by atoms with van der Waals surface area (Å²) in [4.78, 5) is 104. The number of carbonyl (C=O) groups excluding carboxylic acids is 7. The molecular weight excluding hydrogens is 1140 g/mol. The Hall–Kier alpha value is -7.23. The number of nitrogens with two attached hydrogens (primary N) is 1. The second kappa shape index (κ2) is 31.8. The van der Waals surface area contributed by atoms with Crippen LogP contribution in [0.4, 0.5) is 0 Å². The molecule has 24 nitrogen and oxygen atoms in total. The molecule has 3 heterocycles. The molecule has 7 rings (SSSR count).